The minimum Gasteiger partial charge on any atom is -0.477 e. The number of nitrogens with zero attached hydrogens (tertiary/aromatic N) is 1. The van der Waals surface area contributed by atoms with Crippen LogP contribution in [0.25, 0.3) is 0 Å². The molecule has 0 fully saturated rings. The van der Waals surface area contributed by atoms with Crippen LogP contribution in [0.1, 0.15) is 21.1 Å². The second-order valence-corrected chi connectivity index (χ2v) is 6.57. The minimum atomic E-state index is -3.64. The van der Waals surface area contributed by atoms with E-state index in [1.54, 1.807) is 6.92 Å². The van der Waals surface area contributed by atoms with Crippen molar-refractivity contribution in [1.29, 1.82) is 0 Å². The van der Waals surface area contributed by atoms with E-state index in [1.165, 1.54) is 18.2 Å². The Kier molecular flexibility index (Phi) is 3.58. The fourth-order valence-corrected chi connectivity index (χ4v) is 3.49. The molecule has 0 saturated heterocycles. The van der Waals surface area contributed by atoms with Gasteiger partial charge in [0.05, 0.1) is 0 Å². The van der Waals surface area contributed by atoms with E-state index in [1.807, 2.05) is 0 Å². The average Bonchev–Trinajstić information content (AvgIpc) is 2.87. The van der Waals surface area contributed by atoms with Crippen LogP contribution in [0.3, 0.4) is 0 Å². The molecule has 0 aliphatic carbocycles. The molecule has 2 heterocycles. The van der Waals surface area contributed by atoms with Crippen LogP contribution in [0.2, 0.25) is 0 Å². The molecule has 7 nitrogen and oxygen atoms in total. The smallest absolute Gasteiger partial charge is 0.345 e. The summed E-state index contributed by atoms with van der Waals surface area (Å²) in [5.74, 6) is -0.901. The summed E-state index contributed by atoms with van der Waals surface area (Å²) < 4.78 is 30.7. The number of aromatic nitrogens is 1. The number of aromatic carboxylic acids is 1. The highest BCUT2D eigenvalue weighted by Crippen LogP contribution is 2.23. The number of nitrogens with one attached hydrogen (secondary N) is 1. The van der Waals surface area contributed by atoms with Crippen molar-refractivity contribution in [1.82, 2.24) is 5.16 Å². The van der Waals surface area contributed by atoms with E-state index < -0.39 is 16.0 Å². The van der Waals surface area contributed by atoms with Crippen molar-refractivity contribution < 1.29 is 22.8 Å². The van der Waals surface area contributed by atoms with Crippen LogP contribution < -0.4 is 4.72 Å². The number of hydrogen-bond donors (Lipinski definition) is 2. The van der Waals surface area contributed by atoms with Gasteiger partial charge in [0.2, 0.25) is 10.0 Å². The second-order valence-electron chi connectivity index (χ2n) is 3.76. The summed E-state index contributed by atoms with van der Waals surface area (Å²) >= 11 is 0.850. The number of sulfonamides is 1. The molecule has 0 unspecified atom stereocenters. The molecule has 0 saturated carbocycles. The van der Waals surface area contributed by atoms with Gasteiger partial charge in [-0.25, -0.2) is 13.2 Å². The number of carboxylic acids is 1. The molecule has 0 aliphatic rings. The monoisotopic (exact) mass is 302 g/mol. The van der Waals surface area contributed by atoms with E-state index in [2.05, 4.69) is 9.88 Å². The molecule has 0 amide bonds. The van der Waals surface area contributed by atoms with Gasteiger partial charge >= 0.3 is 5.97 Å². The first-order chi connectivity index (χ1) is 8.85. The quantitative estimate of drug-likeness (QED) is 0.869. The third kappa shape index (κ3) is 3.55. The lowest BCUT2D eigenvalue weighted by Crippen LogP contribution is -2.14. The second kappa shape index (κ2) is 5.02. The molecule has 0 atom stereocenters. The van der Waals surface area contributed by atoms with Crippen LogP contribution in [-0.4, -0.2) is 24.7 Å². The Bertz CT molecular complexity index is 701. The van der Waals surface area contributed by atoms with Crippen molar-refractivity contribution in [2.45, 2.75) is 12.7 Å². The summed E-state index contributed by atoms with van der Waals surface area (Å²) in [6.45, 7) is 1.66. The van der Waals surface area contributed by atoms with E-state index in [4.69, 9.17) is 9.63 Å². The first kappa shape index (κ1) is 13.6. The first-order valence-corrected chi connectivity index (χ1v) is 7.58. The molecule has 0 aromatic carbocycles. The van der Waals surface area contributed by atoms with Crippen molar-refractivity contribution >= 4 is 32.3 Å². The van der Waals surface area contributed by atoms with E-state index >= 15 is 0 Å². The molecule has 19 heavy (non-hydrogen) atoms. The fourth-order valence-electron chi connectivity index (χ4n) is 1.38. The average molecular weight is 302 g/mol. The maximum absolute atomic E-state index is 11.8. The van der Waals surface area contributed by atoms with Gasteiger partial charge < -0.3 is 9.63 Å². The molecular weight excluding hydrogens is 292 g/mol. The van der Waals surface area contributed by atoms with Crippen LogP contribution in [0, 0.1) is 6.92 Å². The van der Waals surface area contributed by atoms with Gasteiger partial charge in [-0.15, -0.1) is 11.3 Å². The number of anilines is 1. The van der Waals surface area contributed by atoms with Crippen LogP contribution in [0.4, 0.5) is 5.00 Å². The maximum atomic E-state index is 11.8. The van der Waals surface area contributed by atoms with Gasteiger partial charge in [0.25, 0.3) is 0 Å². The Hall–Kier alpha value is -1.87. The molecule has 0 spiro atoms. The van der Waals surface area contributed by atoms with Crippen LogP contribution in [-0.2, 0) is 15.8 Å². The predicted molar refractivity (Wildman–Crippen MR) is 68.8 cm³/mol. The van der Waals surface area contributed by atoms with Crippen molar-refractivity contribution in [2.24, 2.45) is 0 Å². The number of carboxylic acid groups (broad SMARTS) is 1. The molecule has 2 rings (SSSR count). The maximum Gasteiger partial charge on any atom is 0.345 e. The van der Waals surface area contributed by atoms with E-state index in [0.717, 1.165) is 11.3 Å². The van der Waals surface area contributed by atoms with Gasteiger partial charge in [0.1, 0.15) is 27.1 Å². The number of carbonyl (C=O) groups is 1. The lowest BCUT2D eigenvalue weighted by Gasteiger charge is -2.02. The van der Waals surface area contributed by atoms with Crippen molar-refractivity contribution in [2.75, 3.05) is 4.72 Å². The Morgan fingerprint density at radius 3 is 2.79 bits per heavy atom. The number of rotatable bonds is 5. The van der Waals surface area contributed by atoms with E-state index in [0.29, 0.717) is 11.5 Å². The summed E-state index contributed by atoms with van der Waals surface area (Å²) in [6, 6.07) is 4.27. The minimum absolute atomic E-state index is 0.0648. The van der Waals surface area contributed by atoms with E-state index in [-0.39, 0.29) is 15.6 Å². The molecule has 2 aromatic rings. The normalized spacial score (nSPS) is 11.4. The number of thiophene rings is 1. The fraction of sp³-hybridized carbons (Fsp3) is 0.200. The molecule has 9 heteroatoms. The van der Waals surface area contributed by atoms with Crippen LogP contribution in [0.5, 0.6) is 0 Å². The molecule has 2 aromatic heterocycles. The van der Waals surface area contributed by atoms with Crippen LogP contribution in [0.15, 0.2) is 22.7 Å². The van der Waals surface area contributed by atoms with E-state index in [9.17, 15) is 13.2 Å². The summed E-state index contributed by atoms with van der Waals surface area (Å²) in [5.41, 5.74) is 0.292. The molecular formula is C10H10N2O5S2. The third-order valence-corrected chi connectivity index (χ3v) is 4.41. The zero-order valence-electron chi connectivity index (χ0n) is 9.78. The molecule has 0 radical (unpaired) electrons. The highest BCUT2D eigenvalue weighted by Gasteiger charge is 2.16. The summed E-state index contributed by atoms with van der Waals surface area (Å²) in [4.78, 5) is 10.7. The highest BCUT2D eigenvalue weighted by molar-refractivity contribution is 7.92. The van der Waals surface area contributed by atoms with Crippen molar-refractivity contribution in [3.8, 4) is 0 Å². The Balaban J connectivity index is 2.10. The van der Waals surface area contributed by atoms with Gasteiger partial charge in [-0.1, -0.05) is 5.16 Å². The molecule has 0 bridgehead atoms. The Morgan fingerprint density at radius 1 is 1.53 bits per heavy atom. The van der Waals surface area contributed by atoms with Crippen LogP contribution >= 0.6 is 11.3 Å². The zero-order chi connectivity index (χ0) is 14.0. The Morgan fingerprint density at radius 2 is 2.26 bits per heavy atom. The first-order valence-electron chi connectivity index (χ1n) is 5.11. The van der Waals surface area contributed by atoms with Gasteiger partial charge in [-0.2, -0.15) is 0 Å². The zero-order valence-corrected chi connectivity index (χ0v) is 11.4. The summed E-state index contributed by atoms with van der Waals surface area (Å²) in [5, 5.41) is 12.6. The Labute approximate surface area is 112 Å². The molecule has 102 valence electrons. The molecule has 0 aliphatic heterocycles. The standard InChI is InChI=1S/C10H10N2O5S2/c1-6-4-7(11-17-6)5-19(15,16)12-9-3-2-8(18-9)10(13)14/h2-4,12H,5H2,1H3,(H,13,14). The molecule has 2 N–H and O–H groups in total. The van der Waals surface area contributed by atoms with Gasteiger partial charge in [-0.3, -0.25) is 4.72 Å². The SMILES string of the molecule is Cc1cc(CS(=O)(=O)Nc2ccc(C(=O)O)s2)no1. The van der Waals surface area contributed by atoms with Crippen molar-refractivity contribution in [3.05, 3.63) is 34.5 Å². The summed E-state index contributed by atoms with van der Waals surface area (Å²) in [7, 11) is -3.64. The third-order valence-electron chi connectivity index (χ3n) is 2.09. The number of hydrogen-bond acceptors (Lipinski definition) is 6. The van der Waals surface area contributed by atoms with Gasteiger partial charge in [0.15, 0.2) is 0 Å². The predicted octanol–water partition coefficient (Wildman–Crippen LogP) is 1.68. The lowest BCUT2D eigenvalue weighted by molar-refractivity contribution is 0.0702. The summed E-state index contributed by atoms with van der Waals surface area (Å²) in [6.07, 6.45) is 0. The number of aryl methyl sites for hydroxylation is 1. The largest absolute Gasteiger partial charge is 0.477 e. The van der Waals surface area contributed by atoms with Gasteiger partial charge in [0, 0.05) is 6.07 Å². The lowest BCUT2D eigenvalue weighted by atomic mass is 10.4. The van der Waals surface area contributed by atoms with Crippen molar-refractivity contribution in [3.63, 3.8) is 0 Å². The van der Waals surface area contributed by atoms with Gasteiger partial charge in [-0.05, 0) is 19.1 Å². The topological polar surface area (TPSA) is 110 Å². The highest BCUT2D eigenvalue weighted by atomic mass is 32.2.